The van der Waals surface area contributed by atoms with E-state index in [1.165, 1.54) is 25.7 Å². The van der Waals surface area contributed by atoms with Crippen LogP contribution in [0.15, 0.2) is 16.7 Å². The Bertz CT molecular complexity index is 671. The van der Waals surface area contributed by atoms with Gasteiger partial charge in [0.1, 0.15) is 0 Å². The first-order valence-electron chi connectivity index (χ1n) is 6.72. The van der Waals surface area contributed by atoms with Crippen molar-refractivity contribution in [2.24, 2.45) is 5.41 Å². The fraction of sp³-hybridized carbons (Fsp3) is 0.571. The fourth-order valence-corrected chi connectivity index (χ4v) is 3.88. The molecule has 1 atom stereocenters. The number of fused-ring (bicyclic) bond motifs is 1. The van der Waals surface area contributed by atoms with Crippen molar-refractivity contribution in [2.75, 3.05) is 0 Å². The van der Waals surface area contributed by atoms with Gasteiger partial charge < -0.3 is 4.98 Å². The number of imidazole rings is 1. The van der Waals surface area contributed by atoms with E-state index in [0.29, 0.717) is 11.5 Å². The molecule has 2 aromatic rings. The number of aromatic amines is 1. The minimum Gasteiger partial charge on any atom is -0.329 e. The van der Waals surface area contributed by atoms with Gasteiger partial charge in [-0.25, -0.2) is 4.98 Å². The summed E-state index contributed by atoms with van der Waals surface area (Å²) in [5, 5.41) is 0. The van der Waals surface area contributed by atoms with Gasteiger partial charge in [-0.15, -0.1) is 0 Å². The molecule has 0 aliphatic heterocycles. The number of nitrogens with zero attached hydrogens (tertiary/aromatic N) is 2. The normalized spacial score (nSPS) is 22.8. The molecule has 1 aliphatic rings. The molecule has 1 aliphatic carbocycles. The highest BCUT2D eigenvalue weighted by Gasteiger charge is 2.30. The lowest BCUT2D eigenvalue weighted by Gasteiger charge is -2.35. The van der Waals surface area contributed by atoms with Crippen molar-refractivity contribution in [2.45, 2.75) is 45.6 Å². The summed E-state index contributed by atoms with van der Waals surface area (Å²) >= 11 is 8.96. The largest absolute Gasteiger partial charge is 0.329 e. The molecule has 1 unspecified atom stereocenters. The number of hydrogen-bond donors (Lipinski definition) is 1. The van der Waals surface area contributed by atoms with Gasteiger partial charge in [0.15, 0.2) is 10.4 Å². The fourth-order valence-electron chi connectivity index (χ4n) is 3.20. The first kappa shape index (κ1) is 13.3. The van der Waals surface area contributed by atoms with Gasteiger partial charge >= 0.3 is 0 Å². The molecule has 2 aromatic heterocycles. The molecule has 3 nitrogen and oxygen atoms in total. The topological polar surface area (TPSA) is 33.6 Å². The van der Waals surface area contributed by atoms with E-state index in [2.05, 4.69) is 44.3 Å². The molecule has 1 N–H and O–H groups in total. The Morgan fingerprint density at radius 1 is 1.53 bits per heavy atom. The van der Waals surface area contributed by atoms with Crippen molar-refractivity contribution in [3.63, 3.8) is 0 Å². The molecular formula is C14H18BrN3S. The van der Waals surface area contributed by atoms with E-state index in [4.69, 9.17) is 12.2 Å². The molecule has 2 heterocycles. The van der Waals surface area contributed by atoms with Crippen LogP contribution in [-0.2, 0) is 0 Å². The zero-order chi connectivity index (χ0) is 13.6. The Hall–Kier alpha value is -0.680. The molecule has 1 fully saturated rings. The monoisotopic (exact) mass is 339 g/mol. The van der Waals surface area contributed by atoms with Crippen molar-refractivity contribution in [1.29, 1.82) is 0 Å². The van der Waals surface area contributed by atoms with Crippen LogP contribution in [0.4, 0.5) is 0 Å². The summed E-state index contributed by atoms with van der Waals surface area (Å²) in [6.45, 7) is 4.70. The predicted molar refractivity (Wildman–Crippen MR) is 83.9 cm³/mol. The number of H-pyrrole nitrogens is 1. The van der Waals surface area contributed by atoms with Crippen LogP contribution in [0.3, 0.4) is 0 Å². The highest BCUT2D eigenvalue weighted by Crippen LogP contribution is 2.41. The maximum atomic E-state index is 5.50. The third-order valence-corrected chi connectivity index (χ3v) is 4.80. The molecule has 0 saturated heterocycles. The van der Waals surface area contributed by atoms with Gasteiger partial charge in [0, 0.05) is 16.7 Å². The summed E-state index contributed by atoms with van der Waals surface area (Å²) in [5.74, 6) is 0. The maximum Gasteiger partial charge on any atom is 0.179 e. The van der Waals surface area contributed by atoms with E-state index in [9.17, 15) is 0 Å². The number of hydrogen-bond acceptors (Lipinski definition) is 2. The van der Waals surface area contributed by atoms with Crippen LogP contribution in [0.2, 0.25) is 0 Å². The zero-order valence-electron chi connectivity index (χ0n) is 11.2. The molecule has 1 saturated carbocycles. The van der Waals surface area contributed by atoms with Crippen molar-refractivity contribution in [3.05, 3.63) is 21.5 Å². The van der Waals surface area contributed by atoms with E-state index in [-0.39, 0.29) is 0 Å². The summed E-state index contributed by atoms with van der Waals surface area (Å²) in [4.78, 5) is 7.82. The van der Waals surface area contributed by atoms with E-state index in [1.807, 2.05) is 12.3 Å². The Kier molecular flexibility index (Phi) is 3.29. The van der Waals surface area contributed by atoms with Gasteiger partial charge in [-0.05, 0) is 58.9 Å². The van der Waals surface area contributed by atoms with Crippen LogP contribution in [0.25, 0.3) is 11.2 Å². The van der Waals surface area contributed by atoms with Gasteiger partial charge in [-0.2, -0.15) is 0 Å². The average molecular weight is 340 g/mol. The lowest BCUT2D eigenvalue weighted by Crippen LogP contribution is -2.25. The summed E-state index contributed by atoms with van der Waals surface area (Å²) < 4.78 is 3.99. The van der Waals surface area contributed by atoms with Crippen molar-refractivity contribution in [3.8, 4) is 0 Å². The standard InChI is InChI=1S/C14H18BrN3S/c1-14(2)5-3-4-10(7-14)18-12-11(17-13(18)19)6-9(15)8-16-12/h6,8,10H,3-5,7H2,1-2H3,(H,17,19). The number of pyridine rings is 1. The predicted octanol–water partition coefficient (Wildman–Crippen LogP) is 5.00. The molecule has 0 aromatic carbocycles. The first-order chi connectivity index (χ1) is 8.96. The number of rotatable bonds is 1. The zero-order valence-corrected chi connectivity index (χ0v) is 13.6. The molecule has 0 amide bonds. The van der Waals surface area contributed by atoms with Crippen molar-refractivity contribution < 1.29 is 0 Å². The lowest BCUT2D eigenvalue weighted by molar-refractivity contribution is 0.184. The molecular weight excluding hydrogens is 322 g/mol. The quantitative estimate of drug-likeness (QED) is 0.742. The van der Waals surface area contributed by atoms with Gasteiger partial charge in [0.2, 0.25) is 0 Å². The van der Waals surface area contributed by atoms with E-state index < -0.39 is 0 Å². The van der Waals surface area contributed by atoms with Gasteiger partial charge in [0.25, 0.3) is 0 Å². The van der Waals surface area contributed by atoms with Gasteiger partial charge in [-0.1, -0.05) is 20.3 Å². The van der Waals surface area contributed by atoms with E-state index >= 15 is 0 Å². The Morgan fingerprint density at radius 3 is 3.05 bits per heavy atom. The molecule has 19 heavy (non-hydrogen) atoms. The van der Waals surface area contributed by atoms with E-state index in [0.717, 1.165) is 20.4 Å². The third-order valence-electron chi connectivity index (χ3n) is 4.07. The van der Waals surface area contributed by atoms with Crippen LogP contribution in [0.1, 0.15) is 45.6 Å². The molecule has 3 rings (SSSR count). The maximum absolute atomic E-state index is 5.50. The molecule has 102 valence electrons. The second kappa shape index (κ2) is 4.70. The number of aromatic nitrogens is 3. The molecule has 0 bridgehead atoms. The van der Waals surface area contributed by atoms with Crippen molar-refractivity contribution >= 4 is 39.3 Å². The van der Waals surface area contributed by atoms with Crippen molar-refractivity contribution in [1.82, 2.24) is 14.5 Å². The second-order valence-electron chi connectivity index (χ2n) is 6.24. The highest BCUT2D eigenvalue weighted by molar-refractivity contribution is 9.10. The van der Waals surface area contributed by atoms with Crippen LogP contribution < -0.4 is 0 Å². The first-order valence-corrected chi connectivity index (χ1v) is 7.92. The summed E-state index contributed by atoms with van der Waals surface area (Å²) in [6.07, 6.45) is 6.78. The van der Waals surface area contributed by atoms with Crippen LogP contribution in [-0.4, -0.2) is 14.5 Å². The highest BCUT2D eigenvalue weighted by atomic mass is 79.9. The number of nitrogens with one attached hydrogen (secondary N) is 1. The summed E-state index contributed by atoms with van der Waals surface area (Å²) in [5.41, 5.74) is 2.40. The Labute approximate surface area is 126 Å². The second-order valence-corrected chi connectivity index (χ2v) is 7.54. The molecule has 0 spiro atoms. The summed E-state index contributed by atoms with van der Waals surface area (Å²) in [7, 11) is 0. The number of halogens is 1. The Balaban J connectivity index is 2.09. The smallest absolute Gasteiger partial charge is 0.179 e. The lowest BCUT2D eigenvalue weighted by atomic mass is 9.75. The SMILES string of the molecule is CC1(C)CCCC(n2c(=S)[nH]c3cc(Br)cnc32)C1. The van der Waals surface area contributed by atoms with Gasteiger partial charge in [-0.3, -0.25) is 4.57 Å². The van der Waals surface area contributed by atoms with Crippen LogP contribution in [0.5, 0.6) is 0 Å². The molecule has 5 heteroatoms. The minimum atomic E-state index is 0.399. The van der Waals surface area contributed by atoms with Crippen LogP contribution >= 0.6 is 28.1 Å². The third kappa shape index (κ3) is 2.50. The van der Waals surface area contributed by atoms with E-state index in [1.54, 1.807) is 0 Å². The molecule has 0 radical (unpaired) electrons. The Morgan fingerprint density at radius 2 is 2.32 bits per heavy atom. The van der Waals surface area contributed by atoms with Crippen LogP contribution in [0, 0.1) is 10.2 Å². The average Bonchev–Trinajstić information content (AvgIpc) is 2.62. The van der Waals surface area contributed by atoms with Gasteiger partial charge in [0.05, 0.1) is 5.52 Å². The summed E-state index contributed by atoms with van der Waals surface area (Å²) in [6, 6.07) is 2.52. The minimum absolute atomic E-state index is 0.399.